The average molecular weight is 343 g/mol. The number of carbonyl (C=O) groups excluding carboxylic acids is 1. The van der Waals surface area contributed by atoms with Crippen molar-refractivity contribution in [2.75, 3.05) is 7.05 Å². The van der Waals surface area contributed by atoms with Crippen molar-refractivity contribution in [2.24, 2.45) is 0 Å². The SMILES string of the molecule is Cc1ncc(CN(C)C(=O)C(C)Oc2ccc(F)cc2Cl)s1. The first-order valence-corrected chi connectivity index (χ1v) is 7.84. The van der Waals surface area contributed by atoms with Crippen LogP contribution in [-0.4, -0.2) is 28.9 Å². The van der Waals surface area contributed by atoms with Crippen molar-refractivity contribution in [3.8, 4) is 5.75 Å². The first-order valence-electron chi connectivity index (χ1n) is 6.65. The van der Waals surface area contributed by atoms with Gasteiger partial charge in [0.1, 0.15) is 11.6 Å². The molecule has 1 unspecified atom stereocenters. The van der Waals surface area contributed by atoms with Crippen LogP contribution in [0, 0.1) is 12.7 Å². The fraction of sp³-hybridized carbons (Fsp3) is 0.333. The maximum Gasteiger partial charge on any atom is 0.263 e. The Hall–Kier alpha value is -1.66. The highest BCUT2D eigenvalue weighted by atomic mass is 35.5. The Morgan fingerprint density at radius 3 is 2.86 bits per heavy atom. The highest BCUT2D eigenvalue weighted by molar-refractivity contribution is 7.11. The van der Waals surface area contributed by atoms with Crippen molar-refractivity contribution in [1.82, 2.24) is 9.88 Å². The molecule has 118 valence electrons. The molecule has 1 aromatic carbocycles. The summed E-state index contributed by atoms with van der Waals surface area (Å²) in [6, 6.07) is 3.80. The minimum Gasteiger partial charge on any atom is -0.479 e. The number of carbonyl (C=O) groups is 1. The van der Waals surface area contributed by atoms with E-state index in [0.717, 1.165) is 16.0 Å². The van der Waals surface area contributed by atoms with Crippen molar-refractivity contribution < 1.29 is 13.9 Å². The lowest BCUT2D eigenvalue weighted by Crippen LogP contribution is -2.37. The van der Waals surface area contributed by atoms with E-state index in [4.69, 9.17) is 16.3 Å². The zero-order chi connectivity index (χ0) is 16.3. The van der Waals surface area contributed by atoms with Gasteiger partial charge in [-0.15, -0.1) is 11.3 Å². The molecule has 22 heavy (non-hydrogen) atoms. The molecule has 1 aromatic heterocycles. The smallest absolute Gasteiger partial charge is 0.263 e. The zero-order valence-corrected chi connectivity index (χ0v) is 14.0. The number of rotatable bonds is 5. The molecule has 1 amide bonds. The molecule has 1 atom stereocenters. The highest BCUT2D eigenvalue weighted by Gasteiger charge is 2.21. The van der Waals surface area contributed by atoms with Crippen LogP contribution in [0.25, 0.3) is 0 Å². The summed E-state index contributed by atoms with van der Waals surface area (Å²) >= 11 is 7.44. The number of aromatic nitrogens is 1. The normalized spacial score (nSPS) is 12.0. The molecule has 2 aromatic rings. The van der Waals surface area contributed by atoms with Gasteiger partial charge in [-0.3, -0.25) is 4.79 Å². The van der Waals surface area contributed by atoms with E-state index in [9.17, 15) is 9.18 Å². The Labute approximate surface area is 137 Å². The Morgan fingerprint density at radius 2 is 2.27 bits per heavy atom. The summed E-state index contributed by atoms with van der Waals surface area (Å²) in [4.78, 5) is 19.0. The van der Waals surface area contributed by atoms with Gasteiger partial charge in [-0.1, -0.05) is 11.6 Å². The maximum absolute atomic E-state index is 13.0. The molecule has 4 nitrogen and oxygen atoms in total. The fourth-order valence-corrected chi connectivity index (χ4v) is 2.97. The van der Waals surface area contributed by atoms with Gasteiger partial charge < -0.3 is 9.64 Å². The van der Waals surface area contributed by atoms with Crippen LogP contribution in [0.4, 0.5) is 4.39 Å². The molecule has 0 aliphatic heterocycles. The number of halogens is 2. The third kappa shape index (κ3) is 4.18. The van der Waals surface area contributed by atoms with E-state index >= 15 is 0 Å². The van der Waals surface area contributed by atoms with Crippen LogP contribution in [0.3, 0.4) is 0 Å². The number of nitrogens with zero attached hydrogens (tertiary/aromatic N) is 2. The molecule has 2 rings (SSSR count). The average Bonchev–Trinajstić information content (AvgIpc) is 2.86. The minimum atomic E-state index is -0.720. The summed E-state index contributed by atoms with van der Waals surface area (Å²) in [6.07, 6.45) is 1.04. The van der Waals surface area contributed by atoms with E-state index < -0.39 is 11.9 Å². The number of thiazole rings is 1. The number of amides is 1. The zero-order valence-electron chi connectivity index (χ0n) is 12.5. The molecular weight excluding hydrogens is 327 g/mol. The van der Waals surface area contributed by atoms with Crippen LogP contribution < -0.4 is 4.74 Å². The molecule has 0 saturated heterocycles. The summed E-state index contributed by atoms with van der Waals surface area (Å²) in [5.41, 5.74) is 0. The van der Waals surface area contributed by atoms with Gasteiger partial charge in [-0.25, -0.2) is 9.37 Å². The van der Waals surface area contributed by atoms with Gasteiger partial charge in [0.25, 0.3) is 5.91 Å². The lowest BCUT2D eigenvalue weighted by atomic mass is 10.3. The summed E-state index contributed by atoms with van der Waals surface area (Å²) in [7, 11) is 1.70. The highest BCUT2D eigenvalue weighted by Crippen LogP contribution is 2.26. The van der Waals surface area contributed by atoms with Crippen molar-refractivity contribution in [2.45, 2.75) is 26.5 Å². The van der Waals surface area contributed by atoms with Gasteiger partial charge in [0.05, 0.1) is 16.6 Å². The molecule has 7 heteroatoms. The van der Waals surface area contributed by atoms with E-state index in [1.807, 2.05) is 6.92 Å². The van der Waals surface area contributed by atoms with E-state index in [1.54, 1.807) is 36.4 Å². The summed E-state index contributed by atoms with van der Waals surface area (Å²) in [5.74, 6) is -0.355. The molecule has 0 aliphatic rings. The third-order valence-electron chi connectivity index (χ3n) is 2.98. The van der Waals surface area contributed by atoms with Gasteiger partial charge in [0.15, 0.2) is 6.10 Å². The first kappa shape index (κ1) is 16.7. The quantitative estimate of drug-likeness (QED) is 0.832. The fourth-order valence-electron chi connectivity index (χ4n) is 1.91. The van der Waals surface area contributed by atoms with E-state index in [1.165, 1.54) is 12.1 Å². The number of benzene rings is 1. The van der Waals surface area contributed by atoms with E-state index in [2.05, 4.69) is 4.98 Å². The predicted octanol–water partition coefficient (Wildman–Crippen LogP) is 3.67. The lowest BCUT2D eigenvalue weighted by molar-refractivity contribution is -0.137. The van der Waals surface area contributed by atoms with Gasteiger partial charge in [-0.05, 0) is 32.0 Å². The van der Waals surface area contributed by atoms with E-state index in [-0.39, 0.29) is 16.7 Å². The van der Waals surface area contributed by atoms with Gasteiger partial charge in [0, 0.05) is 18.1 Å². The van der Waals surface area contributed by atoms with Crippen LogP contribution in [0.1, 0.15) is 16.8 Å². The van der Waals surface area contributed by atoms with Crippen molar-refractivity contribution in [1.29, 1.82) is 0 Å². The van der Waals surface area contributed by atoms with Crippen LogP contribution in [0.5, 0.6) is 5.75 Å². The maximum atomic E-state index is 13.0. The Balaban J connectivity index is 1.98. The van der Waals surface area contributed by atoms with Crippen LogP contribution in [-0.2, 0) is 11.3 Å². The molecular formula is C15H16ClFN2O2S. The Morgan fingerprint density at radius 1 is 1.55 bits per heavy atom. The predicted molar refractivity (Wildman–Crippen MR) is 84.8 cm³/mol. The number of likely N-dealkylation sites (N-methyl/N-ethyl adjacent to an activating group) is 1. The summed E-state index contributed by atoms with van der Waals surface area (Å²) < 4.78 is 18.5. The molecule has 0 bridgehead atoms. The second-order valence-corrected chi connectivity index (χ2v) is 6.60. The van der Waals surface area contributed by atoms with Crippen molar-refractivity contribution in [3.05, 3.63) is 45.1 Å². The monoisotopic (exact) mass is 342 g/mol. The van der Waals surface area contributed by atoms with Crippen molar-refractivity contribution in [3.63, 3.8) is 0 Å². The van der Waals surface area contributed by atoms with Gasteiger partial charge >= 0.3 is 0 Å². The summed E-state index contributed by atoms with van der Waals surface area (Å²) in [6.45, 7) is 4.02. The second kappa shape index (κ2) is 7.07. The number of ether oxygens (including phenoxy) is 1. The van der Waals surface area contributed by atoms with Gasteiger partial charge in [0.2, 0.25) is 0 Å². The molecule has 0 saturated carbocycles. The van der Waals surface area contributed by atoms with Crippen LogP contribution in [0.15, 0.2) is 24.4 Å². The number of hydrogen-bond acceptors (Lipinski definition) is 4. The van der Waals surface area contributed by atoms with E-state index in [0.29, 0.717) is 6.54 Å². The Kier molecular flexibility index (Phi) is 5.37. The second-order valence-electron chi connectivity index (χ2n) is 4.87. The number of aryl methyl sites for hydroxylation is 1. The van der Waals surface area contributed by atoms with Crippen LogP contribution in [0.2, 0.25) is 5.02 Å². The summed E-state index contributed by atoms with van der Waals surface area (Å²) in [5, 5.41) is 1.10. The van der Waals surface area contributed by atoms with Gasteiger partial charge in [-0.2, -0.15) is 0 Å². The molecule has 0 radical (unpaired) electrons. The molecule has 0 spiro atoms. The third-order valence-corrected chi connectivity index (χ3v) is 4.18. The standard InChI is InChI=1S/C15H16ClFN2O2S/c1-9(21-14-5-4-11(17)6-13(14)16)15(20)19(3)8-12-7-18-10(2)22-12/h4-7,9H,8H2,1-3H3. The first-order chi connectivity index (χ1) is 10.4. The Bertz CT molecular complexity index is 677. The molecule has 0 N–H and O–H groups in total. The molecule has 0 fully saturated rings. The van der Waals surface area contributed by atoms with Crippen molar-refractivity contribution >= 4 is 28.8 Å². The topological polar surface area (TPSA) is 42.4 Å². The lowest BCUT2D eigenvalue weighted by Gasteiger charge is -2.22. The largest absolute Gasteiger partial charge is 0.479 e. The molecule has 0 aliphatic carbocycles. The minimum absolute atomic E-state index is 0.139. The number of hydrogen-bond donors (Lipinski definition) is 0. The van der Waals surface area contributed by atoms with Crippen LogP contribution >= 0.6 is 22.9 Å². The molecule has 1 heterocycles.